The number of benzene rings is 6. The van der Waals surface area contributed by atoms with E-state index in [-0.39, 0.29) is 0 Å². The van der Waals surface area contributed by atoms with Gasteiger partial charge in [-0.05, 0) is 71.3 Å². The van der Waals surface area contributed by atoms with E-state index >= 15 is 0 Å². The molecule has 4 nitrogen and oxygen atoms in total. The number of hydrogen-bond donors (Lipinski definition) is 0. The molecule has 4 heterocycles. The van der Waals surface area contributed by atoms with E-state index in [0.29, 0.717) is 5.82 Å². The Hall–Kier alpha value is -6.43. The van der Waals surface area contributed by atoms with Crippen molar-refractivity contribution >= 4 is 53.4 Å². The van der Waals surface area contributed by atoms with Crippen molar-refractivity contribution in [3.8, 4) is 56.2 Å². The first kappa shape index (κ1) is 28.6. The minimum Gasteiger partial charge on any atom is -0.456 e. The number of pyridine rings is 1. The van der Waals surface area contributed by atoms with Crippen LogP contribution in [0, 0.1) is 0 Å². The van der Waals surface area contributed by atoms with Crippen molar-refractivity contribution in [2.45, 2.75) is 0 Å². The van der Waals surface area contributed by atoms with Crippen LogP contribution >= 0.6 is 11.3 Å². The second-order valence-electron chi connectivity index (χ2n) is 12.5. The van der Waals surface area contributed by atoms with Gasteiger partial charge in [0, 0.05) is 65.6 Å². The van der Waals surface area contributed by atoms with E-state index in [2.05, 4.69) is 126 Å². The molecule has 0 amide bonds. The molecule has 50 heavy (non-hydrogen) atoms. The summed E-state index contributed by atoms with van der Waals surface area (Å²) < 4.78 is 8.75. The summed E-state index contributed by atoms with van der Waals surface area (Å²) in [5, 5.41) is 4.78. The number of para-hydroxylation sites is 1. The molecule has 4 aromatic heterocycles. The van der Waals surface area contributed by atoms with Crippen LogP contribution in [-0.4, -0.2) is 15.0 Å². The molecule has 0 aliphatic carbocycles. The second kappa shape index (κ2) is 11.6. The third-order valence-electron chi connectivity index (χ3n) is 9.41. The van der Waals surface area contributed by atoms with Gasteiger partial charge in [0.15, 0.2) is 5.82 Å². The average Bonchev–Trinajstić information content (AvgIpc) is 3.76. The first-order valence-corrected chi connectivity index (χ1v) is 17.4. The Labute approximate surface area is 292 Å². The van der Waals surface area contributed by atoms with Gasteiger partial charge in [-0.3, -0.25) is 4.98 Å². The summed E-state index contributed by atoms with van der Waals surface area (Å²) in [6.45, 7) is 0. The molecule has 0 aliphatic rings. The molecule has 234 valence electrons. The molecular formula is C45H27N3OS. The van der Waals surface area contributed by atoms with Gasteiger partial charge < -0.3 is 4.42 Å². The first-order chi connectivity index (χ1) is 24.7. The molecule has 0 fully saturated rings. The van der Waals surface area contributed by atoms with E-state index < -0.39 is 0 Å². The Kier molecular flexibility index (Phi) is 6.64. The summed E-state index contributed by atoms with van der Waals surface area (Å²) in [5.74, 6) is 0.666. The molecule has 10 rings (SSSR count). The molecule has 0 saturated carbocycles. The van der Waals surface area contributed by atoms with Crippen molar-refractivity contribution in [1.82, 2.24) is 15.0 Å². The summed E-state index contributed by atoms with van der Waals surface area (Å²) >= 11 is 1.84. The quantitative estimate of drug-likeness (QED) is 0.185. The van der Waals surface area contributed by atoms with Crippen LogP contribution in [0.25, 0.3) is 98.3 Å². The highest BCUT2D eigenvalue weighted by molar-refractivity contribution is 7.25. The molecular weight excluding hydrogens is 631 g/mol. The van der Waals surface area contributed by atoms with Crippen molar-refractivity contribution in [2.75, 3.05) is 0 Å². The van der Waals surface area contributed by atoms with E-state index in [1.807, 2.05) is 47.9 Å². The largest absolute Gasteiger partial charge is 0.456 e. The van der Waals surface area contributed by atoms with E-state index in [1.165, 1.54) is 31.3 Å². The third-order valence-corrected chi connectivity index (χ3v) is 10.5. The number of rotatable bonds is 5. The number of hydrogen-bond acceptors (Lipinski definition) is 5. The lowest BCUT2D eigenvalue weighted by molar-refractivity contribution is 0.669. The van der Waals surface area contributed by atoms with Crippen molar-refractivity contribution in [1.29, 1.82) is 0 Å². The SMILES string of the molecule is c1cncc(-c2cccc(-c3nc(-c4ccc(-c5ccc6c(c5)sc5ccccc56)cc4)cc(-c4ccc5oc6ccccc6c5c4)n3)c2)c1. The van der Waals surface area contributed by atoms with Gasteiger partial charge in [0.05, 0.1) is 11.4 Å². The highest BCUT2D eigenvalue weighted by atomic mass is 32.1. The van der Waals surface area contributed by atoms with Crippen LogP contribution < -0.4 is 0 Å². The van der Waals surface area contributed by atoms with Crippen LogP contribution in [0.4, 0.5) is 0 Å². The Morgan fingerprint density at radius 3 is 1.96 bits per heavy atom. The van der Waals surface area contributed by atoms with Crippen molar-refractivity contribution in [2.24, 2.45) is 0 Å². The molecule has 5 heteroatoms. The Bertz CT molecular complexity index is 2870. The minimum atomic E-state index is 0.666. The standard InChI is InChI=1S/C45H27N3OS/c1-3-12-41-35(10-1)38-24-32(19-21-42(38)49-41)40-26-39(47-45(48-40)33-8-5-7-30(23-33)34-9-6-22-46-27-34)29-16-14-28(15-17-29)31-18-20-37-36-11-2-4-13-43(36)50-44(37)25-31/h1-27H. The fourth-order valence-corrected chi connectivity index (χ4v) is 8.01. The highest BCUT2D eigenvalue weighted by Crippen LogP contribution is 2.38. The molecule has 0 saturated heterocycles. The summed E-state index contributed by atoms with van der Waals surface area (Å²) in [7, 11) is 0. The van der Waals surface area contributed by atoms with Crippen LogP contribution in [0.15, 0.2) is 168 Å². The summed E-state index contributed by atoms with van der Waals surface area (Å²) in [4.78, 5) is 14.7. The molecule has 0 bridgehead atoms. The maximum Gasteiger partial charge on any atom is 0.160 e. The van der Waals surface area contributed by atoms with E-state index in [0.717, 1.165) is 61.1 Å². The topological polar surface area (TPSA) is 51.8 Å². The Morgan fingerprint density at radius 2 is 1.08 bits per heavy atom. The predicted molar refractivity (Wildman–Crippen MR) is 207 cm³/mol. The van der Waals surface area contributed by atoms with Gasteiger partial charge >= 0.3 is 0 Å². The number of fused-ring (bicyclic) bond motifs is 6. The molecule has 0 N–H and O–H groups in total. The zero-order valence-electron chi connectivity index (χ0n) is 26.7. The molecule has 0 spiro atoms. The van der Waals surface area contributed by atoms with Gasteiger partial charge in [-0.15, -0.1) is 11.3 Å². The van der Waals surface area contributed by atoms with Crippen LogP contribution in [0.1, 0.15) is 0 Å². The lowest BCUT2D eigenvalue weighted by Crippen LogP contribution is -1.96. The highest BCUT2D eigenvalue weighted by Gasteiger charge is 2.15. The molecule has 0 aliphatic heterocycles. The monoisotopic (exact) mass is 657 g/mol. The number of nitrogens with zero attached hydrogens (tertiary/aromatic N) is 3. The molecule has 6 aromatic carbocycles. The summed E-state index contributed by atoms with van der Waals surface area (Å²) in [6.07, 6.45) is 3.67. The molecule has 0 radical (unpaired) electrons. The van der Waals surface area contributed by atoms with E-state index in [1.54, 1.807) is 6.20 Å². The van der Waals surface area contributed by atoms with E-state index in [9.17, 15) is 0 Å². The number of aromatic nitrogens is 3. The number of furan rings is 1. The average molecular weight is 658 g/mol. The molecule has 0 unspecified atom stereocenters. The minimum absolute atomic E-state index is 0.666. The van der Waals surface area contributed by atoms with Crippen molar-refractivity contribution in [3.63, 3.8) is 0 Å². The van der Waals surface area contributed by atoms with Gasteiger partial charge in [0.1, 0.15) is 11.2 Å². The maximum atomic E-state index is 6.13. The molecule has 10 aromatic rings. The van der Waals surface area contributed by atoms with Gasteiger partial charge in [0.2, 0.25) is 0 Å². The Balaban J connectivity index is 1.09. The van der Waals surface area contributed by atoms with Crippen molar-refractivity contribution in [3.05, 3.63) is 164 Å². The second-order valence-corrected chi connectivity index (χ2v) is 13.6. The van der Waals surface area contributed by atoms with Crippen LogP contribution in [-0.2, 0) is 0 Å². The van der Waals surface area contributed by atoms with E-state index in [4.69, 9.17) is 14.4 Å². The van der Waals surface area contributed by atoms with Crippen LogP contribution in [0.2, 0.25) is 0 Å². The fraction of sp³-hybridized carbons (Fsp3) is 0. The zero-order valence-corrected chi connectivity index (χ0v) is 27.6. The Morgan fingerprint density at radius 1 is 0.400 bits per heavy atom. The van der Waals surface area contributed by atoms with Gasteiger partial charge in [-0.25, -0.2) is 9.97 Å². The molecule has 0 atom stereocenters. The van der Waals surface area contributed by atoms with Crippen molar-refractivity contribution < 1.29 is 4.42 Å². The predicted octanol–water partition coefficient (Wildman–Crippen LogP) is 12.5. The zero-order chi connectivity index (χ0) is 33.0. The fourth-order valence-electron chi connectivity index (χ4n) is 6.87. The summed E-state index contributed by atoms with van der Waals surface area (Å²) in [5.41, 5.74) is 10.9. The number of thiophene rings is 1. The smallest absolute Gasteiger partial charge is 0.160 e. The van der Waals surface area contributed by atoms with Crippen LogP contribution in [0.5, 0.6) is 0 Å². The van der Waals surface area contributed by atoms with Crippen LogP contribution in [0.3, 0.4) is 0 Å². The van der Waals surface area contributed by atoms with Gasteiger partial charge in [-0.2, -0.15) is 0 Å². The van der Waals surface area contributed by atoms with Gasteiger partial charge in [-0.1, -0.05) is 97.1 Å². The summed E-state index contributed by atoms with van der Waals surface area (Å²) in [6, 6.07) is 53.1. The normalized spacial score (nSPS) is 11.6. The third kappa shape index (κ3) is 4.95. The first-order valence-electron chi connectivity index (χ1n) is 16.6. The lowest BCUT2D eigenvalue weighted by Gasteiger charge is -2.11. The van der Waals surface area contributed by atoms with Gasteiger partial charge in [0.25, 0.3) is 0 Å². The maximum absolute atomic E-state index is 6.13. The lowest BCUT2D eigenvalue weighted by atomic mass is 10.00.